The number of hydrogen-bond acceptors (Lipinski definition) is 5. The van der Waals surface area contributed by atoms with Crippen LogP contribution >= 0.6 is 23.1 Å². The van der Waals surface area contributed by atoms with Gasteiger partial charge in [-0.2, -0.15) is 0 Å². The molecule has 0 aliphatic carbocycles. The van der Waals surface area contributed by atoms with E-state index in [0.717, 1.165) is 10.7 Å². The van der Waals surface area contributed by atoms with Crippen LogP contribution in [0, 0.1) is 0 Å². The first kappa shape index (κ1) is 12.1. The van der Waals surface area contributed by atoms with Crippen LogP contribution in [0.25, 0.3) is 10.7 Å². The van der Waals surface area contributed by atoms with Crippen LogP contribution in [-0.4, -0.2) is 45.8 Å². The minimum absolute atomic E-state index is 0.0532. The fourth-order valence-corrected chi connectivity index (χ4v) is 2.53. The van der Waals surface area contributed by atoms with Gasteiger partial charge in [0, 0.05) is 14.1 Å². The third-order valence-electron chi connectivity index (χ3n) is 2.04. The molecule has 2 heterocycles. The van der Waals surface area contributed by atoms with Crippen LogP contribution in [0.15, 0.2) is 22.7 Å². The quantitative estimate of drug-likeness (QED) is 0.858. The van der Waals surface area contributed by atoms with E-state index in [-0.39, 0.29) is 5.91 Å². The zero-order valence-corrected chi connectivity index (χ0v) is 11.1. The van der Waals surface area contributed by atoms with Crippen molar-refractivity contribution in [1.82, 2.24) is 20.1 Å². The number of amides is 1. The normalized spacial score (nSPS) is 10.5. The molecule has 7 heteroatoms. The highest BCUT2D eigenvalue weighted by Crippen LogP contribution is 2.23. The predicted molar refractivity (Wildman–Crippen MR) is 69.1 cm³/mol. The minimum atomic E-state index is 0.0532. The molecule has 0 spiro atoms. The van der Waals surface area contributed by atoms with Crippen molar-refractivity contribution in [2.75, 3.05) is 19.8 Å². The monoisotopic (exact) mass is 268 g/mol. The number of nitrogens with one attached hydrogen (secondary N) is 1. The Balaban J connectivity index is 1.97. The summed E-state index contributed by atoms with van der Waals surface area (Å²) in [6.45, 7) is 0. The molecule has 0 unspecified atom stereocenters. The van der Waals surface area contributed by atoms with Crippen LogP contribution in [0.1, 0.15) is 0 Å². The molecule has 17 heavy (non-hydrogen) atoms. The molecule has 1 N–H and O–H groups in total. The fourth-order valence-electron chi connectivity index (χ4n) is 1.09. The summed E-state index contributed by atoms with van der Waals surface area (Å²) in [7, 11) is 3.47. The molecule has 0 bridgehead atoms. The van der Waals surface area contributed by atoms with Crippen LogP contribution in [0.2, 0.25) is 0 Å². The maximum atomic E-state index is 11.4. The van der Waals surface area contributed by atoms with Crippen molar-refractivity contribution < 1.29 is 4.79 Å². The highest BCUT2D eigenvalue weighted by Gasteiger charge is 2.10. The largest absolute Gasteiger partial charge is 0.348 e. The van der Waals surface area contributed by atoms with E-state index in [1.165, 1.54) is 11.8 Å². The molecule has 0 radical (unpaired) electrons. The third kappa shape index (κ3) is 3.07. The molecule has 0 saturated carbocycles. The maximum Gasteiger partial charge on any atom is 0.232 e. The Morgan fingerprint density at radius 2 is 2.41 bits per heavy atom. The summed E-state index contributed by atoms with van der Waals surface area (Å²) in [5.41, 5.74) is 0. The van der Waals surface area contributed by atoms with Crippen LogP contribution < -0.4 is 0 Å². The van der Waals surface area contributed by atoms with E-state index in [1.54, 1.807) is 30.3 Å². The summed E-state index contributed by atoms with van der Waals surface area (Å²) in [4.78, 5) is 18.3. The van der Waals surface area contributed by atoms with E-state index in [4.69, 9.17) is 0 Å². The zero-order chi connectivity index (χ0) is 12.3. The molecule has 0 atom stereocenters. The van der Waals surface area contributed by atoms with Crippen molar-refractivity contribution in [3.05, 3.63) is 17.5 Å². The second-order valence-electron chi connectivity index (χ2n) is 3.52. The molecule has 2 aromatic heterocycles. The van der Waals surface area contributed by atoms with Crippen molar-refractivity contribution in [1.29, 1.82) is 0 Å². The second-order valence-corrected chi connectivity index (χ2v) is 5.41. The van der Waals surface area contributed by atoms with Crippen LogP contribution in [0.5, 0.6) is 0 Å². The van der Waals surface area contributed by atoms with Gasteiger partial charge in [0.05, 0.1) is 10.6 Å². The highest BCUT2D eigenvalue weighted by atomic mass is 32.2. The number of hydrogen-bond donors (Lipinski definition) is 1. The van der Waals surface area contributed by atoms with Gasteiger partial charge in [-0.3, -0.25) is 9.89 Å². The third-order valence-corrected chi connectivity index (χ3v) is 3.75. The minimum Gasteiger partial charge on any atom is -0.348 e. The molecular formula is C10H12N4OS2. The Kier molecular flexibility index (Phi) is 3.80. The van der Waals surface area contributed by atoms with Gasteiger partial charge in [-0.15, -0.1) is 16.4 Å². The lowest BCUT2D eigenvalue weighted by Gasteiger charge is -2.07. The number of carbonyl (C=O) groups excluding carboxylic acids is 1. The van der Waals surface area contributed by atoms with E-state index < -0.39 is 0 Å². The number of thiophene rings is 1. The molecule has 0 saturated heterocycles. The predicted octanol–water partition coefficient (Wildman–Crippen LogP) is 1.71. The van der Waals surface area contributed by atoms with Crippen molar-refractivity contribution >= 4 is 29.0 Å². The van der Waals surface area contributed by atoms with E-state index in [0.29, 0.717) is 10.9 Å². The molecule has 0 fully saturated rings. The molecule has 0 aliphatic heterocycles. The lowest BCUT2D eigenvalue weighted by atomic mass is 10.4. The SMILES string of the molecule is CN(C)C(=O)CSc1n[nH]c(-c2cccs2)n1. The second kappa shape index (κ2) is 5.33. The van der Waals surface area contributed by atoms with E-state index in [9.17, 15) is 4.79 Å². The van der Waals surface area contributed by atoms with Gasteiger partial charge in [-0.05, 0) is 11.4 Å². The van der Waals surface area contributed by atoms with Gasteiger partial charge in [0.15, 0.2) is 5.82 Å². The van der Waals surface area contributed by atoms with Crippen molar-refractivity contribution in [3.63, 3.8) is 0 Å². The molecule has 1 amide bonds. The van der Waals surface area contributed by atoms with E-state index in [2.05, 4.69) is 15.2 Å². The molecule has 2 rings (SSSR count). The zero-order valence-electron chi connectivity index (χ0n) is 9.51. The topological polar surface area (TPSA) is 61.9 Å². The van der Waals surface area contributed by atoms with Gasteiger partial charge in [-0.1, -0.05) is 17.8 Å². The Morgan fingerprint density at radius 3 is 3.06 bits per heavy atom. The fraction of sp³-hybridized carbons (Fsp3) is 0.300. The first-order chi connectivity index (χ1) is 8.16. The summed E-state index contributed by atoms with van der Waals surface area (Å²) < 4.78 is 0. The number of rotatable bonds is 4. The molecule has 5 nitrogen and oxygen atoms in total. The number of H-pyrrole nitrogens is 1. The van der Waals surface area contributed by atoms with Gasteiger partial charge < -0.3 is 4.90 Å². The molecule has 0 aliphatic rings. The van der Waals surface area contributed by atoms with Crippen molar-refractivity contribution in [2.24, 2.45) is 0 Å². The van der Waals surface area contributed by atoms with E-state index >= 15 is 0 Å². The Hall–Kier alpha value is -1.34. The van der Waals surface area contributed by atoms with Gasteiger partial charge in [0.1, 0.15) is 0 Å². The molecular weight excluding hydrogens is 256 g/mol. The van der Waals surface area contributed by atoms with Gasteiger partial charge >= 0.3 is 0 Å². The summed E-state index contributed by atoms with van der Waals surface area (Å²) >= 11 is 2.94. The van der Waals surface area contributed by atoms with Gasteiger partial charge in [0.2, 0.25) is 11.1 Å². The molecule has 90 valence electrons. The van der Waals surface area contributed by atoms with Gasteiger partial charge in [0.25, 0.3) is 0 Å². The molecule has 0 aromatic carbocycles. The van der Waals surface area contributed by atoms with Crippen LogP contribution in [-0.2, 0) is 4.79 Å². The smallest absolute Gasteiger partial charge is 0.232 e. The first-order valence-corrected chi connectivity index (χ1v) is 6.82. The standard InChI is InChI=1S/C10H12N4OS2/c1-14(2)8(15)6-17-10-11-9(12-13-10)7-4-3-5-16-7/h3-5H,6H2,1-2H3,(H,11,12,13). The van der Waals surface area contributed by atoms with Crippen molar-refractivity contribution in [2.45, 2.75) is 5.16 Å². The average Bonchev–Trinajstić information content (AvgIpc) is 2.95. The number of carbonyl (C=O) groups is 1. The lowest BCUT2D eigenvalue weighted by molar-refractivity contribution is -0.125. The molecule has 2 aromatic rings. The highest BCUT2D eigenvalue weighted by molar-refractivity contribution is 7.99. The first-order valence-electron chi connectivity index (χ1n) is 4.96. The van der Waals surface area contributed by atoms with Crippen LogP contribution in [0.4, 0.5) is 0 Å². The number of aromatic amines is 1. The Morgan fingerprint density at radius 1 is 1.59 bits per heavy atom. The van der Waals surface area contributed by atoms with Gasteiger partial charge in [-0.25, -0.2) is 4.98 Å². The number of nitrogens with zero attached hydrogens (tertiary/aromatic N) is 3. The summed E-state index contributed by atoms with van der Waals surface area (Å²) in [5.74, 6) is 1.16. The lowest BCUT2D eigenvalue weighted by Crippen LogP contribution is -2.23. The average molecular weight is 268 g/mol. The Labute approximate surface area is 107 Å². The van der Waals surface area contributed by atoms with E-state index in [1.807, 2.05) is 17.5 Å². The summed E-state index contributed by atoms with van der Waals surface area (Å²) in [5, 5.41) is 9.52. The summed E-state index contributed by atoms with van der Waals surface area (Å²) in [6.07, 6.45) is 0. The Bertz CT molecular complexity index is 492. The van der Waals surface area contributed by atoms with Crippen molar-refractivity contribution in [3.8, 4) is 10.7 Å². The summed E-state index contributed by atoms with van der Waals surface area (Å²) in [6, 6.07) is 3.94. The number of aromatic nitrogens is 3. The number of thioether (sulfide) groups is 1. The van der Waals surface area contributed by atoms with Crippen LogP contribution in [0.3, 0.4) is 0 Å². The maximum absolute atomic E-state index is 11.4.